The fourth-order valence-electron chi connectivity index (χ4n) is 5.29. The molecule has 0 spiro atoms. The predicted octanol–water partition coefficient (Wildman–Crippen LogP) is 3.43. The highest BCUT2D eigenvalue weighted by Gasteiger charge is 2.27. The van der Waals surface area contributed by atoms with E-state index in [0.717, 1.165) is 19.4 Å². The number of aromatic nitrogens is 4. The number of ether oxygens (including phenoxy) is 1. The second-order valence-corrected chi connectivity index (χ2v) is 10.4. The van der Waals surface area contributed by atoms with Crippen molar-refractivity contribution in [3.05, 3.63) is 73.9 Å². The van der Waals surface area contributed by atoms with Gasteiger partial charge in [-0.3, -0.25) is 18.5 Å². The number of halogens is 1. The van der Waals surface area contributed by atoms with Crippen molar-refractivity contribution in [3.63, 3.8) is 0 Å². The third-order valence-corrected chi connectivity index (χ3v) is 7.50. The Kier molecular flexibility index (Phi) is 6.70. The molecule has 1 unspecified atom stereocenters. The highest BCUT2D eigenvalue weighted by molar-refractivity contribution is 6.31. The Hall–Kier alpha value is -4.33. The summed E-state index contributed by atoms with van der Waals surface area (Å²) in [4.78, 5) is 39.4. The molecule has 2 aromatic heterocycles. The molecule has 2 aromatic carbocycles. The smallest absolute Gasteiger partial charge is 0.332 e. The molecule has 11 heteroatoms. The van der Waals surface area contributed by atoms with Crippen LogP contribution in [0.3, 0.4) is 0 Å². The Labute approximate surface area is 235 Å². The van der Waals surface area contributed by atoms with Crippen molar-refractivity contribution in [1.29, 1.82) is 0 Å². The maximum absolute atomic E-state index is 14.1. The Morgan fingerprint density at radius 1 is 1.15 bits per heavy atom. The summed E-state index contributed by atoms with van der Waals surface area (Å²) in [5.74, 6) is 7.65. The van der Waals surface area contributed by atoms with Crippen LogP contribution in [0, 0.1) is 11.8 Å². The van der Waals surface area contributed by atoms with Crippen molar-refractivity contribution in [2.75, 3.05) is 18.0 Å². The molecule has 204 valence electrons. The minimum atomic E-state index is -0.504. The van der Waals surface area contributed by atoms with E-state index in [4.69, 9.17) is 32.0 Å². The third-order valence-electron chi connectivity index (χ3n) is 7.27. The molecule has 0 aliphatic carbocycles. The number of para-hydroxylation sites is 2. The quantitative estimate of drug-likeness (QED) is 0.385. The number of imidazole rings is 1. The van der Waals surface area contributed by atoms with Crippen LogP contribution in [0.2, 0.25) is 5.02 Å². The van der Waals surface area contributed by atoms with Crippen molar-refractivity contribution in [3.8, 4) is 23.3 Å². The Bertz CT molecular complexity index is 1860. The molecular formula is C29H28ClN7O3. The van der Waals surface area contributed by atoms with Gasteiger partial charge in [0.15, 0.2) is 16.9 Å². The number of benzene rings is 2. The van der Waals surface area contributed by atoms with E-state index >= 15 is 0 Å². The van der Waals surface area contributed by atoms with Crippen LogP contribution in [-0.2, 0) is 20.1 Å². The molecule has 40 heavy (non-hydrogen) atoms. The highest BCUT2D eigenvalue weighted by atomic mass is 35.5. The minimum absolute atomic E-state index is 0.00462. The molecule has 1 fully saturated rings. The molecule has 4 aromatic rings. The molecule has 1 atom stereocenters. The SMILES string of the molecule is CC#CCn1c(N2CCCC(N)C2)nc2c1c(=O)n(CC1=Nc3ccccc3Oc3ccc(Cl)cc31)c(=O)n2C. The van der Waals surface area contributed by atoms with E-state index in [-0.39, 0.29) is 19.1 Å². The number of aliphatic imine (C=N–C) groups is 1. The van der Waals surface area contributed by atoms with E-state index in [1.54, 1.807) is 36.7 Å². The second kappa shape index (κ2) is 10.3. The van der Waals surface area contributed by atoms with Gasteiger partial charge >= 0.3 is 5.69 Å². The summed E-state index contributed by atoms with van der Waals surface area (Å²) < 4.78 is 10.5. The summed E-state index contributed by atoms with van der Waals surface area (Å²) >= 11 is 6.35. The fourth-order valence-corrected chi connectivity index (χ4v) is 5.46. The average molecular weight is 558 g/mol. The molecule has 6 rings (SSSR count). The third kappa shape index (κ3) is 4.47. The predicted molar refractivity (Wildman–Crippen MR) is 156 cm³/mol. The molecule has 2 aliphatic rings. The molecule has 10 nitrogen and oxygen atoms in total. The van der Waals surface area contributed by atoms with E-state index in [1.165, 1.54) is 9.13 Å². The summed E-state index contributed by atoms with van der Waals surface area (Å²) in [5.41, 5.74) is 7.55. The van der Waals surface area contributed by atoms with Gasteiger partial charge in [0.1, 0.15) is 11.4 Å². The molecule has 0 bridgehead atoms. The number of hydrogen-bond acceptors (Lipinski definition) is 7. The molecule has 4 heterocycles. The van der Waals surface area contributed by atoms with Crippen molar-refractivity contribution in [1.82, 2.24) is 18.7 Å². The van der Waals surface area contributed by atoms with Crippen molar-refractivity contribution >= 4 is 40.1 Å². The first-order valence-electron chi connectivity index (χ1n) is 13.1. The number of nitrogens with zero attached hydrogens (tertiary/aromatic N) is 6. The topological polar surface area (TPSA) is 113 Å². The molecule has 2 aliphatic heterocycles. The monoisotopic (exact) mass is 557 g/mol. The standard InChI is InChI=1S/C29H28ClN7O3/c1-3-4-14-36-25-26(33-28(36)35-13-7-8-19(31)16-35)34(2)29(39)37(27(25)38)17-22-20-15-18(30)11-12-23(20)40-24-10-6-5-9-21(24)32-22/h5-6,9-12,15,19H,7-8,13-14,16-17,31H2,1-2H3. The Balaban J connectivity index is 1.55. The normalized spacial score (nSPS) is 16.4. The highest BCUT2D eigenvalue weighted by Crippen LogP contribution is 2.38. The van der Waals surface area contributed by atoms with Crippen LogP contribution in [0.4, 0.5) is 11.6 Å². The van der Waals surface area contributed by atoms with E-state index in [0.29, 0.717) is 57.1 Å². The van der Waals surface area contributed by atoms with E-state index < -0.39 is 11.2 Å². The summed E-state index contributed by atoms with van der Waals surface area (Å²) in [6, 6.07) is 12.6. The number of fused-ring (bicyclic) bond motifs is 3. The molecule has 1 saturated heterocycles. The Morgan fingerprint density at radius 3 is 2.77 bits per heavy atom. The molecule has 0 radical (unpaired) electrons. The van der Waals surface area contributed by atoms with Crippen LogP contribution in [-0.4, -0.2) is 43.5 Å². The van der Waals surface area contributed by atoms with Crippen LogP contribution in [0.15, 0.2) is 57.0 Å². The van der Waals surface area contributed by atoms with Gasteiger partial charge in [0.05, 0.1) is 18.8 Å². The van der Waals surface area contributed by atoms with Gasteiger partial charge in [-0.1, -0.05) is 29.7 Å². The number of hydrogen-bond donors (Lipinski definition) is 1. The van der Waals surface area contributed by atoms with Crippen molar-refractivity contribution in [2.45, 2.75) is 38.9 Å². The molecule has 0 saturated carbocycles. The zero-order chi connectivity index (χ0) is 28.0. The Morgan fingerprint density at radius 2 is 1.98 bits per heavy atom. The first-order valence-corrected chi connectivity index (χ1v) is 13.5. The first-order chi connectivity index (χ1) is 19.4. The summed E-state index contributed by atoms with van der Waals surface area (Å²) in [6.07, 6.45) is 1.84. The van der Waals surface area contributed by atoms with Crippen LogP contribution >= 0.6 is 11.6 Å². The summed E-state index contributed by atoms with van der Waals surface area (Å²) in [7, 11) is 1.62. The van der Waals surface area contributed by atoms with Gasteiger partial charge in [-0.2, -0.15) is 4.98 Å². The zero-order valence-electron chi connectivity index (χ0n) is 22.2. The van der Waals surface area contributed by atoms with Gasteiger partial charge in [-0.25, -0.2) is 9.79 Å². The first kappa shape index (κ1) is 25.9. The van der Waals surface area contributed by atoms with Gasteiger partial charge in [-0.05, 0) is 50.1 Å². The summed E-state index contributed by atoms with van der Waals surface area (Å²) in [6.45, 7) is 3.27. The lowest BCUT2D eigenvalue weighted by Gasteiger charge is -2.31. The zero-order valence-corrected chi connectivity index (χ0v) is 23.0. The van der Waals surface area contributed by atoms with Gasteiger partial charge in [0.2, 0.25) is 5.95 Å². The van der Waals surface area contributed by atoms with E-state index in [9.17, 15) is 9.59 Å². The van der Waals surface area contributed by atoms with Crippen LogP contribution < -0.4 is 26.6 Å². The molecule has 2 N–H and O–H groups in total. The van der Waals surface area contributed by atoms with Crippen molar-refractivity contribution < 1.29 is 4.74 Å². The molecular weight excluding hydrogens is 530 g/mol. The maximum Gasteiger partial charge on any atom is 0.332 e. The van der Waals surface area contributed by atoms with Gasteiger partial charge in [-0.15, -0.1) is 5.92 Å². The minimum Gasteiger partial charge on any atom is -0.454 e. The summed E-state index contributed by atoms with van der Waals surface area (Å²) in [5, 5.41) is 0.484. The number of anilines is 1. The fraction of sp³-hybridized carbons (Fsp3) is 0.310. The number of aryl methyl sites for hydroxylation is 1. The van der Waals surface area contributed by atoms with E-state index in [2.05, 4.69) is 16.7 Å². The lowest BCUT2D eigenvalue weighted by Crippen LogP contribution is -2.44. The number of nitrogens with two attached hydrogens (primary N) is 1. The van der Waals surface area contributed by atoms with Gasteiger partial charge in [0, 0.05) is 36.8 Å². The van der Waals surface area contributed by atoms with E-state index in [1.807, 2.05) is 24.3 Å². The number of rotatable bonds is 4. The van der Waals surface area contributed by atoms with Gasteiger partial charge < -0.3 is 15.4 Å². The van der Waals surface area contributed by atoms with Crippen LogP contribution in [0.1, 0.15) is 25.3 Å². The average Bonchev–Trinajstić information content (AvgIpc) is 3.26. The van der Waals surface area contributed by atoms with Crippen molar-refractivity contribution in [2.24, 2.45) is 17.8 Å². The maximum atomic E-state index is 14.1. The van der Waals surface area contributed by atoms with Crippen LogP contribution in [0.25, 0.3) is 11.2 Å². The molecule has 0 amide bonds. The lowest BCUT2D eigenvalue weighted by molar-refractivity contribution is 0.484. The van der Waals surface area contributed by atoms with Crippen LogP contribution in [0.5, 0.6) is 11.5 Å². The number of piperidine rings is 1. The van der Waals surface area contributed by atoms with Gasteiger partial charge in [0.25, 0.3) is 5.56 Å². The largest absolute Gasteiger partial charge is 0.454 e. The second-order valence-electron chi connectivity index (χ2n) is 9.95. The lowest BCUT2D eigenvalue weighted by atomic mass is 10.1.